The van der Waals surface area contributed by atoms with Crippen LogP contribution in [-0.4, -0.2) is 24.2 Å². The zero-order chi connectivity index (χ0) is 16.1. The molecular weight excluding hydrogens is 278 g/mol. The smallest absolute Gasteiger partial charge is 0.255 e. The fourth-order valence-corrected chi connectivity index (χ4v) is 2.35. The third-order valence-electron chi connectivity index (χ3n) is 3.54. The van der Waals surface area contributed by atoms with Crippen LogP contribution in [0.15, 0.2) is 42.5 Å². The van der Waals surface area contributed by atoms with Gasteiger partial charge in [-0.05, 0) is 49.6 Å². The van der Waals surface area contributed by atoms with Gasteiger partial charge >= 0.3 is 0 Å². The Bertz CT molecular complexity index is 667. The van der Waals surface area contributed by atoms with Crippen LogP contribution < -0.4 is 10.1 Å². The van der Waals surface area contributed by atoms with E-state index in [2.05, 4.69) is 5.32 Å². The average Bonchev–Trinajstić information content (AvgIpc) is 2.50. The predicted molar refractivity (Wildman–Crippen MR) is 86.5 cm³/mol. The number of aromatic hydroxyl groups is 1. The van der Waals surface area contributed by atoms with Crippen molar-refractivity contribution in [1.82, 2.24) is 5.32 Å². The Morgan fingerprint density at radius 3 is 2.73 bits per heavy atom. The van der Waals surface area contributed by atoms with Gasteiger partial charge in [-0.3, -0.25) is 4.79 Å². The fraction of sp³-hybridized carbons (Fsp3) is 0.278. The van der Waals surface area contributed by atoms with Gasteiger partial charge in [0, 0.05) is 6.04 Å². The minimum absolute atomic E-state index is 0.0357. The van der Waals surface area contributed by atoms with Crippen LogP contribution in [0.3, 0.4) is 0 Å². The third kappa shape index (κ3) is 3.79. The highest BCUT2D eigenvalue weighted by Gasteiger charge is 2.15. The van der Waals surface area contributed by atoms with Gasteiger partial charge in [0.15, 0.2) is 0 Å². The lowest BCUT2D eigenvalue weighted by atomic mass is 10.1. The topological polar surface area (TPSA) is 58.6 Å². The van der Waals surface area contributed by atoms with Crippen molar-refractivity contribution in [3.05, 3.63) is 59.2 Å². The molecule has 4 nitrogen and oxygen atoms in total. The number of rotatable bonds is 5. The SMILES string of the molecule is COc1cccc(CC(C)NC(=O)c2cccc(C)c2O)c1. The van der Waals surface area contributed by atoms with E-state index >= 15 is 0 Å². The molecule has 0 saturated carbocycles. The number of methoxy groups -OCH3 is 1. The number of para-hydroxylation sites is 1. The van der Waals surface area contributed by atoms with Gasteiger partial charge in [0.05, 0.1) is 12.7 Å². The first-order chi connectivity index (χ1) is 10.5. The molecule has 2 rings (SSSR count). The number of hydrogen-bond acceptors (Lipinski definition) is 3. The van der Waals surface area contributed by atoms with Crippen molar-refractivity contribution in [3.8, 4) is 11.5 Å². The molecule has 0 heterocycles. The summed E-state index contributed by atoms with van der Waals surface area (Å²) in [7, 11) is 1.63. The van der Waals surface area contributed by atoms with E-state index < -0.39 is 0 Å². The molecule has 1 unspecified atom stereocenters. The fourth-order valence-electron chi connectivity index (χ4n) is 2.35. The first-order valence-electron chi connectivity index (χ1n) is 7.23. The van der Waals surface area contributed by atoms with Crippen LogP contribution in [0.5, 0.6) is 11.5 Å². The van der Waals surface area contributed by atoms with Gasteiger partial charge in [-0.25, -0.2) is 0 Å². The molecule has 1 amide bonds. The van der Waals surface area contributed by atoms with Crippen LogP contribution in [0.2, 0.25) is 0 Å². The van der Waals surface area contributed by atoms with Crippen molar-refractivity contribution >= 4 is 5.91 Å². The molecule has 0 spiro atoms. The number of carbonyl (C=O) groups is 1. The summed E-state index contributed by atoms with van der Waals surface area (Å²) in [5.74, 6) is 0.567. The second-order valence-electron chi connectivity index (χ2n) is 5.40. The van der Waals surface area contributed by atoms with Crippen molar-refractivity contribution in [2.24, 2.45) is 0 Å². The molecule has 0 aromatic heterocycles. The highest BCUT2D eigenvalue weighted by Crippen LogP contribution is 2.21. The van der Waals surface area contributed by atoms with E-state index in [-0.39, 0.29) is 17.7 Å². The van der Waals surface area contributed by atoms with Gasteiger partial charge in [-0.15, -0.1) is 0 Å². The molecule has 0 bridgehead atoms. The van der Waals surface area contributed by atoms with E-state index in [0.717, 1.165) is 11.3 Å². The number of aryl methyl sites for hydroxylation is 1. The van der Waals surface area contributed by atoms with Gasteiger partial charge in [-0.1, -0.05) is 24.3 Å². The maximum atomic E-state index is 12.2. The highest BCUT2D eigenvalue weighted by atomic mass is 16.5. The monoisotopic (exact) mass is 299 g/mol. The second kappa shape index (κ2) is 6.98. The van der Waals surface area contributed by atoms with Gasteiger partial charge in [-0.2, -0.15) is 0 Å². The Balaban J connectivity index is 2.03. The second-order valence-corrected chi connectivity index (χ2v) is 5.40. The van der Waals surface area contributed by atoms with E-state index in [4.69, 9.17) is 4.74 Å². The number of phenols is 1. The Kier molecular flexibility index (Phi) is 5.04. The zero-order valence-electron chi connectivity index (χ0n) is 13.1. The van der Waals surface area contributed by atoms with Crippen LogP contribution in [0.1, 0.15) is 28.4 Å². The molecule has 0 aliphatic rings. The molecule has 116 valence electrons. The summed E-state index contributed by atoms with van der Waals surface area (Å²) in [4.78, 5) is 12.2. The predicted octanol–water partition coefficient (Wildman–Crippen LogP) is 3.07. The number of carbonyl (C=O) groups excluding carboxylic acids is 1. The molecule has 1 atom stereocenters. The van der Waals surface area contributed by atoms with Gasteiger partial charge in [0.25, 0.3) is 5.91 Å². The summed E-state index contributed by atoms with van der Waals surface area (Å²) in [5.41, 5.74) is 2.08. The molecule has 2 aromatic carbocycles. The maximum absolute atomic E-state index is 12.2. The number of amides is 1. The number of hydrogen-bond donors (Lipinski definition) is 2. The molecule has 2 aromatic rings. The van der Waals surface area contributed by atoms with Crippen molar-refractivity contribution in [3.63, 3.8) is 0 Å². The minimum Gasteiger partial charge on any atom is -0.507 e. The number of benzene rings is 2. The number of nitrogens with one attached hydrogen (secondary N) is 1. The first-order valence-corrected chi connectivity index (χ1v) is 7.23. The third-order valence-corrected chi connectivity index (χ3v) is 3.54. The molecule has 2 N–H and O–H groups in total. The lowest BCUT2D eigenvalue weighted by Gasteiger charge is -2.15. The Morgan fingerprint density at radius 1 is 1.27 bits per heavy atom. The average molecular weight is 299 g/mol. The zero-order valence-corrected chi connectivity index (χ0v) is 13.1. The highest BCUT2D eigenvalue weighted by molar-refractivity contribution is 5.97. The summed E-state index contributed by atoms with van der Waals surface area (Å²) in [6.45, 7) is 3.70. The van der Waals surface area contributed by atoms with Crippen LogP contribution in [0.4, 0.5) is 0 Å². The molecule has 4 heteroatoms. The Labute approximate surface area is 130 Å². The molecule has 0 radical (unpaired) electrons. The van der Waals surface area contributed by atoms with Crippen LogP contribution in [0.25, 0.3) is 0 Å². The molecule has 0 aliphatic heterocycles. The molecule has 0 fully saturated rings. The molecule has 0 aliphatic carbocycles. The Morgan fingerprint density at radius 2 is 2.00 bits per heavy atom. The Hall–Kier alpha value is -2.49. The summed E-state index contributed by atoms with van der Waals surface area (Å²) in [5, 5.41) is 12.9. The summed E-state index contributed by atoms with van der Waals surface area (Å²) in [6, 6.07) is 12.9. The van der Waals surface area contributed by atoms with Crippen molar-refractivity contribution in [2.75, 3.05) is 7.11 Å². The standard InChI is InChI=1S/C18H21NO3/c1-12-6-4-9-16(17(12)20)18(21)19-13(2)10-14-7-5-8-15(11-14)22-3/h4-9,11,13,20H,10H2,1-3H3,(H,19,21). The number of ether oxygens (including phenoxy) is 1. The van der Waals surface area contributed by atoms with E-state index in [1.165, 1.54) is 0 Å². The van der Waals surface area contributed by atoms with Crippen LogP contribution in [-0.2, 0) is 6.42 Å². The lowest BCUT2D eigenvalue weighted by molar-refractivity contribution is 0.0937. The minimum atomic E-state index is -0.267. The van der Waals surface area contributed by atoms with E-state index in [1.807, 2.05) is 31.2 Å². The normalized spacial score (nSPS) is 11.8. The summed E-state index contributed by atoms with van der Waals surface area (Å²) >= 11 is 0. The summed E-state index contributed by atoms with van der Waals surface area (Å²) in [6.07, 6.45) is 0.690. The lowest BCUT2D eigenvalue weighted by Crippen LogP contribution is -2.34. The molecule has 0 saturated heterocycles. The first kappa shape index (κ1) is 15.9. The molecule has 22 heavy (non-hydrogen) atoms. The van der Waals surface area contributed by atoms with Crippen LogP contribution >= 0.6 is 0 Å². The quantitative estimate of drug-likeness (QED) is 0.892. The van der Waals surface area contributed by atoms with E-state index in [1.54, 1.807) is 32.2 Å². The van der Waals surface area contributed by atoms with E-state index in [0.29, 0.717) is 17.5 Å². The molecular formula is C18H21NO3. The number of phenolic OH excluding ortho intramolecular Hbond substituents is 1. The van der Waals surface area contributed by atoms with Gasteiger partial charge < -0.3 is 15.2 Å². The van der Waals surface area contributed by atoms with Gasteiger partial charge in [0.1, 0.15) is 11.5 Å². The van der Waals surface area contributed by atoms with Crippen LogP contribution in [0, 0.1) is 6.92 Å². The maximum Gasteiger partial charge on any atom is 0.255 e. The van der Waals surface area contributed by atoms with Crippen molar-refractivity contribution in [1.29, 1.82) is 0 Å². The van der Waals surface area contributed by atoms with Gasteiger partial charge in [0.2, 0.25) is 0 Å². The van der Waals surface area contributed by atoms with Crippen molar-refractivity contribution < 1.29 is 14.6 Å². The van der Waals surface area contributed by atoms with E-state index in [9.17, 15) is 9.90 Å². The summed E-state index contributed by atoms with van der Waals surface area (Å²) < 4.78 is 5.20. The largest absolute Gasteiger partial charge is 0.507 e. The van der Waals surface area contributed by atoms with Crippen molar-refractivity contribution in [2.45, 2.75) is 26.3 Å².